The van der Waals surface area contributed by atoms with Crippen LogP contribution in [0.5, 0.6) is 5.75 Å². The number of aromatic amines is 1. The summed E-state index contributed by atoms with van der Waals surface area (Å²) in [7, 11) is 1.41. The van der Waals surface area contributed by atoms with Crippen molar-refractivity contribution in [3.8, 4) is 5.75 Å². The Hall–Kier alpha value is -3.66. The molecule has 3 heterocycles. The third-order valence-electron chi connectivity index (χ3n) is 5.78. The molecule has 0 spiro atoms. The first kappa shape index (κ1) is 22.1. The second-order valence-electron chi connectivity index (χ2n) is 8.07. The van der Waals surface area contributed by atoms with Crippen molar-refractivity contribution in [2.75, 3.05) is 23.9 Å². The largest absolute Gasteiger partial charge is 0.494 e. The highest BCUT2D eigenvalue weighted by Gasteiger charge is 2.23. The molecule has 1 aliphatic rings. The number of thioether (sulfide) groups is 1. The molecule has 2 aromatic carbocycles. The van der Waals surface area contributed by atoms with E-state index in [2.05, 4.69) is 30.8 Å². The Morgan fingerprint density at radius 2 is 2.12 bits per heavy atom. The van der Waals surface area contributed by atoms with E-state index in [1.54, 1.807) is 36.7 Å². The standard InChI is InChI=1S/C24H23FN6O2S/c1-13-18(10-27-31-13)22(14-5-6-21(33-2)19(25)7-14)30-23(32)15-3-4-16-9-26-24(29-20(16)8-15)28-17-11-34-12-17/h3-10,17,22H,11-12H2,1-2H3,(H,27,31)(H,30,32)(H,26,28,29)/t22-/m0/s1. The second-order valence-corrected chi connectivity index (χ2v) is 9.15. The first-order valence-electron chi connectivity index (χ1n) is 10.8. The van der Waals surface area contributed by atoms with E-state index in [1.165, 1.54) is 13.2 Å². The molecule has 5 rings (SSSR count). The molecular formula is C24H23FN6O2S. The molecule has 8 nitrogen and oxygen atoms in total. The van der Waals surface area contributed by atoms with Gasteiger partial charge in [0.25, 0.3) is 5.91 Å². The summed E-state index contributed by atoms with van der Waals surface area (Å²) in [5.41, 5.74) is 3.13. The van der Waals surface area contributed by atoms with Gasteiger partial charge >= 0.3 is 0 Å². The summed E-state index contributed by atoms with van der Waals surface area (Å²) in [4.78, 5) is 22.2. The number of aromatic nitrogens is 4. The van der Waals surface area contributed by atoms with Crippen molar-refractivity contribution in [3.05, 3.63) is 77.0 Å². The zero-order valence-corrected chi connectivity index (χ0v) is 19.4. The highest BCUT2D eigenvalue weighted by molar-refractivity contribution is 8.00. The monoisotopic (exact) mass is 478 g/mol. The van der Waals surface area contributed by atoms with Gasteiger partial charge in [0.15, 0.2) is 11.6 Å². The van der Waals surface area contributed by atoms with Crippen molar-refractivity contribution in [2.45, 2.75) is 19.0 Å². The lowest BCUT2D eigenvalue weighted by molar-refractivity contribution is 0.0943. The summed E-state index contributed by atoms with van der Waals surface area (Å²) in [5.74, 6) is 1.93. The number of nitrogens with zero attached hydrogens (tertiary/aromatic N) is 3. The van der Waals surface area contributed by atoms with Gasteiger partial charge in [0.05, 0.1) is 24.4 Å². The van der Waals surface area contributed by atoms with Gasteiger partial charge in [-0.05, 0) is 36.8 Å². The number of amides is 1. The molecule has 0 bridgehead atoms. The van der Waals surface area contributed by atoms with Crippen LogP contribution in [0.2, 0.25) is 0 Å². The van der Waals surface area contributed by atoms with Crippen LogP contribution >= 0.6 is 11.8 Å². The van der Waals surface area contributed by atoms with Crippen molar-refractivity contribution >= 4 is 34.5 Å². The number of anilines is 1. The molecule has 10 heteroatoms. The quantitative estimate of drug-likeness (QED) is 0.371. The number of benzene rings is 2. The number of ether oxygens (including phenoxy) is 1. The Labute approximate surface area is 199 Å². The third-order valence-corrected chi connectivity index (χ3v) is 7.06. The van der Waals surface area contributed by atoms with Gasteiger partial charge in [-0.2, -0.15) is 16.9 Å². The Morgan fingerprint density at radius 1 is 1.26 bits per heavy atom. The van der Waals surface area contributed by atoms with Crippen LogP contribution in [-0.2, 0) is 0 Å². The van der Waals surface area contributed by atoms with E-state index in [0.29, 0.717) is 34.3 Å². The maximum absolute atomic E-state index is 14.5. The average molecular weight is 479 g/mol. The predicted molar refractivity (Wildman–Crippen MR) is 130 cm³/mol. The third kappa shape index (κ3) is 4.41. The zero-order valence-electron chi connectivity index (χ0n) is 18.6. The SMILES string of the molecule is COc1ccc([C@H](NC(=O)c2ccc3cnc(NC4CSC4)nc3c2)c2c[nH]nc2C)cc1F. The fourth-order valence-electron chi connectivity index (χ4n) is 3.81. The van der Waals surface area contributed by atoms with Crippen LogP contribution in [0, 0.1) is 12.7 Å². The Kier molecular flexibility index (Phi) is 6.06. The summed E-state index contributed by atoms with van der Waals surface area (Å²) < 4.78 is 19.5. The molecule has 2 aromatic heterocycles. The lowest BCUT2D eigenvalue weighted by Crippen LogP contribution is -2.33. The first-order valence-corrected chi connectivity index (χ1v) is 11.9. The Bertz CT molecular complexity index is 1360. The maximum atomic E-state index is 14.5. The number of aryl methyl sites for hydroxylation is 1. The summed E-state index contributed by atoms with van der Waals surface area (Å²) >= 11 is 1.87. The average Bonchev–Trinajstić information content (AvgIpc) is 3.24. The number of carbonyl (C=O) groups is 1. The molecule has 1 saturated heterocycles. The van der Waals surface area contributed by atoms with E-state index in [0.717, 1.165) is 22.5 Å². The molecule has 0 saturated carbocycles. The molecule has 0 aliphatic carbocycles. The van der Waals surface area contributed by atoms with E-state index in [1.807, 2.05) is 24.8 Å². The Morgan fingerprint density at radius 3 is 2.79 bits per heavy atom. The van der Waals surface area contributed by atoms with Gasteiger partial charge in [0.1, 0.15) is 0 Å². The molecule has 34 heavy (non-hydrogen) atoms. The van der Waals surface area contributed by atoms with E-state index >= 15 is 0 Å². The van der Waals surface area contributed by atoms with Crippen LogP contribution < -0.4 is 15.4 Å². The molecular weight excluding hydrogens is 455 g/mol. The minimum Gasteiger partial charge on any atom is -0.494 e. The molecule has 0 unspecified atom stereocenters. The van der Waals surface area contributed by atoms with Gasteiger partial charge in [-0.1, -0.05) is 12.1 Å². The van der Waals surface area contributed by atoms with E-state index in [9.17, 15) is 9.18 Å². The molecule has 1 aliphatic heterocycles. The number of carbonyl (C=O) groups excluding carboxylic acids is 1. The summed E-state index contributed by atoms with van der Waals surface area (Å²) in [5, 5.41) is 14.1. The van der Waals surface area contributed by atoms with Crippen LogP contribution in [0.1, 0.15) is 33.2 Å². The lowest BCUT2D eigenvalue weighted by Gasteiger charge is -2.25. The van der Waals surface area contributed by atoms with Crippen LogP contribution in [0.25, 0.3) is 10.9 Å². The van der Waals surface area contributed by atoms with Gasteiger partial charge < -0.3 is 15.4 Å². The number of methoxy groups -OCH3 is 1. The van der Waals surface area contributed by atoms with E-state index < -0.39 is 11.9 Å². The summed E-state index contributed by atoms with van der Waals surface area (Å²) in [6.07, 6.45) is 3.45. The van der Waals surface area contributed by atoms with Crippen LogP contribution in [0.3, 0.4) is 0 Å². The number of nitrogens with one attached hydrogen (secondary N) is 3. The van der Waals surface area contributed by atoms with Crippen LogP contribution in [0.4, 0.5) is 10.3 Å². The molecule has 0 radical (unpaired) electrons. The van der Waals surface area contributed by atoms with Crippen molar-refractivity contribution in [3.63, 3.8) is 0 Å². The summed E-state index contributed by atoms with van der Waals surface area (Å²) in [6, 6.07) is 9.67. The highest BCUT2D eigenvalue weighted by atomic mass is 32.2. The number of rotatable bonds is 7. The molecule has 1 atom stereocenters. The van der Waals surface area contributed by atoms with Crippen molar-refractivity contribution < 1.29 is 13.9 Å². The highest BCUT2D eigenvalue weighted by Crippen LogP contribution is 2.28. The minimum absolute atomic E-state index is 0.136. The first-order chi connectivity index (χ1) is 16.5. The fraction of sp³-hybridized carbons (Fsp3) is 0.250. The van der Waals surface area contributed by atoms with Crippen molar-refractivity contribution in [1.29, 1.82) is 0 Å². The normalized spacial score (nSPS) is 14.4. The van der Waals surface area contributed by atoms with Crippen LogP contribution in [-0.4, -0.2) is 50.7 Å². The minimum atomic E-state index is -0.610. The van der Waals surface area contributed by atoms with Gasteiger partial charge in [0, 0.05) is 46.5 Å². The van der Waals surface area contributed by atoms with Gasteiger partial charge in [0.2, 0.25) is 5.95 Å². The zero-order chi connectivity index (χ0) is 23.7. The molecule has 3 N–H and O–H groups in total. The van der Waals surface area contributed by atoms with Crippen LogP contribution in [0.15, 0.2) is 48.8 Å². The van der Waals surface area contributed by atoms with E-state index in [-0.39, 0.29) is 11.7 Å². The molecule has 1 amide bonds. The van der Waals surface area contributed by atoms with Crippen molar-refractivity contribution in [1.82, 2.24) is 25.5 Å². The van der Waals surface area contributed by atoms with Gasteiger partial charge in [-0.25, -0.2) is 14.4 Å². The fourth-order valence-corrected chi connectivity index (χ4v) is 4.45. The smallest absolute Gasteiger partial charge is 0.252 e. The molecule has 1 fully saturated rings. The number of H-pyrrole nitrogens is 1. The lowest BCUT2D eigenvalue weighted by atomic mass is 9.98. The predicted octanol–water partition coefficient (Wildman–Crippen LogP) is 3.86. The number of hydrogen-bond acceptors (Lipinski definition) is 7. The van der Waals surface area contributed by atoms with E-state index in [4.69, 9.17) is 4.74 Å². The van der Waals surface area contributed by atoms with Crippen molar-refractivity contribution in [2.24, 2.45) is 0 Å². The number of fused-ring (bicyclic) bond motifs is 1. The topological polar surface area (TPSA) is 105 Å². The maximum Gasteiger partial charge on any atom is 0.252 e. The Balaban J connectivity index is 1.44. The number of hydrogen-bond donors (Lipinski definition) is 3. The number of halogens is 1. The molecule has 174 valence electrons. The molecule has 4 aromatic rings. The van der Waals surface area contributed by atoms with Gasteiger partial charge in [-0.3, -0.25) is 9.89 Å². The summed E-state index contributed by atoms with van der Waals surface area (Å²) in [6.45, 7) is 1.83. The second kappa shape index (κ2) is 9.30. The van der Waals surface area contributed by atoms with Gasteiger partial charge in [-0.15, -0.1) is 0 Å².